The highest BCUT2D eigenvalue weighted by molar-refractivity contribution is 7.14. The Morgan fingerprint density at radius 3 is 2.94 bits per heavy atom. The molecule has 5 nitrogen and oxygen atoms in total. The zero-order chi connectivity index (χ0) is 11.8. The lowest BCUT2D eigenvalue weighted by atomic mass is 10.3. The van der Waals surface area contributed by atoms with E-state index in [-0.39, 0.29) is 0 Å². The summed E-state index contributed by atoms with van der Waals surface area (Å²) in [5, 5.41) is 20.9. The summed E-state index contributed by atoms with van der Waals surface area (Å²) >= 11 is 1.38. The van der Waals surface area contributed by atoms with Gasteiger partial charge in [0.15, 0.2) is 5.06 Å². The molecule has 0 fully saturated rings. The molecule has 1 aromatic rings. The molecule has 16 heavy (non-hydrogen) atoms. The van der Waals surface area contributed by atoms with E-state index in [9.17, 15) is 0 Å². The third-order valence-electron chi connectivity index (χ3n) is 1.79. The second-order valence-corrected chi connectivity index (χ2v) is 4.17. The van der Waals surface area contributed by atoms with Gasteiger partial charge >= 0.3 is 7.32 Å². The van der Waals surface area contributed by atoms with Crippen LogP contribution in [-0.2, 0) is 11.3 Å². The van der Waals surface area contributed by atoms with E-state index < -0.39 is 7.32 Å². The van der Waals surface area contributed by atoms with E-state index in [4.69, 9.17) is 19.4 Å². The van der Waals surface area contributed by atoms with Crippen LogP contribution in [0.2, 0.25) is 0 Å². The van der Waals surface area contributed by atoms with Crippen LogP contribution in [0.4, 0.5) is 0 Å². The second kappa shape index (κ2) is 7.64. The summed E-state index contributed by atoms with van der Waals surface area (Å²) in [6, 6.07) is 3.60. The number of rotatable bonds is 8. The largest absolute Gasteiger partial charge is 0.708 e. The quantitative estimate of drug-likeness (QED) is 0.451. The van der Waals surface area contributed by atoms with Crippen LogP contribution in [0.15, 0.2) is 12.1 Å². The van der Waals surface area contributed by atoms with Crippen LogP contribution in [0.3, 0.4) is 0 Å². The lowest BCUT2D eigenvalue weighted by Crippen LogP contribution is -2.19. The fourth-order valence-electron chi connectivity index (χ4n) is 1.12. The maximum absolute atomic E-state index is 8.60. The van der Waals surface area contributed by atoms with Crippen molar-refractivity contribution in [3.05, 3.63) is 17.0 Å². The Bertz CT molecular complexity index is 295. The molecule has 0 unspecified atom stereocenters. The van der Waals surface area contributed by atoms with Gasteiger partial charge in [-0.05, 0) is 19.1 Å². The van der Waals surface area contributed by atoms with Crippen molar-refractivity contribution in [1.29, 1.82) is 0 Å². The van der Waals surface area contributed by atoms with Crippen molar-refractivity contribution in [3.8, 4) is 5.06 Å². The molecule has 0 amide bonds. The molecule has 0 spiro atoms. The molecule has 0 saturated carbocycles. The van der Waals surface area contributed by atoms with Crippen molar-refractivity contribution < 1.29 is 19.4 Å². The van der Waals surface area contributed by atoms with E-state index in [1.807, 2.05) is 13.0 Å². The summed E-state index contributed by atoms with van der Waals surface area (Å²) in [5.74, 6) is 0. The Kier molecular flexibility index (Phi) is 6.43. The van der Waals surface area contributed by atoms with Gasteiger partial charge in [0.05, 0.1) is 6.61 Å². The maximum atomic E-state index is 8.60. The molecular formula is C9H16BNO4S. The van der Waals surface area contributed by atoms with Crippen molar-refractivity contribution in [1.82, 2.24) is 5.32 Å². The summed E-state index contributed by atoms with van der Waals surface area (Å²) < 4.78 is 9.90. The molecule has 1 aromatic heterocycles. The SMILES string of the molecule is CCOCCNCc1ccc(OB(O)O)s1. The first-order chi connectivity index (χ1) is 7.72. The number of hydrogen-bond acceptors (Lipinski definition) is 6. The minimum Gasteiger partial charge on any atom is -0.504 e. The van der Waals surface area contributed by atoms with Gasteiger partial charge in [0.1, 0.15) is 0 Å². The van der Waals surface area contributed by atoms with Gasteiger partial charge in [0.2, 0.25) is 0 Å². The molecule has 0 aliphatic carbocycles. The normalized spacial score (nSPS) is 10.4. The minimum absolute atomic E-state index is 0.497. The van der Waals surface area contributed by atoms with Gasteiger partial charge in [-0.25, -0.2) is 0 Å². The van der Waals surface area contributed by atoms with Gasteiger partial charge < -0.3 is 24.8 Å². The maximum Gasteiger partial charge on any atom is 0.708 e. The average molecular weight is 245 g/mol. The van der Waals surface area contributed by atoms with Gasteiger partial charge in [-0.15, -0.1) is 11.3 Å². The predicted molar refractivity (Wildman–Crippen MR) is 63.3 cm³/mol. The number of nitrogens with one attached hydrogen (secondary N) is 1. The van der Waals surface area contributed by atoms with E-state index in [1.54, 1.807) is 6.07 Å². The Morgan fingerprint density at radius 2 is 2.25 bits per heavy atom. The monoisotopic (exact) mass is 245 g/mol. The summed E-state index contributed by atoms with van der Waals surface area (Å²) in [5.41, 5.74) is 0. The van der Waals surface area contributed by atoms with Crippen molar-refractivity contribution in [2.45, 2.75) is 13.5 Å². The first-order valence-electron chi connectivity index (χ1n) is 5.12. The van der Waals surface area contributed by atoms with Crippen LogP contribution in [0.25, 0.3) is 0 Å². The van der Waals surface area contributed by atoms with E-state index >= 15 is 0 Å². The Hall–Kier alpha value is -0.595. The smallest absolute Gasteiger partial charge is 0.504 e. The molecule has 0 radical (unpaired) electrons. The highest BCUT2D eigenvalue weighted by Crippen LogP contribution is 2.24. The molecular weight excluding hydrogens is 229 g/mol. The third kappa shape index (κ3) is 5.48. The molecule has 0 aromatic carbocycles. The molecule has 3 N–H and O–H groups in total. The molecule has 0 aliphatic heterocycles. The van der Waals surface area contributed by atoms with Gasteiger partial charge in [0.25, 0.3) is 0 Å². The molecule has 0 bridgehead atoms. The molecule has 0 aliphatic rings. The minimum atomic E-state index is -1.75. The van der Waals surface area contributed by atoms with Crippen LogP contribution in [0.5, 0.6) is 5.06 Å². The first kappa shape index (κ1) is 13.5. The number of ether oxygens (including phenoxy) is 1. The molecule has 90 valence electrons. The molecule has 0 saturated heterocycles. The zero-order valence-corrected chi connectivity index (χ0v) is 10.00. The van der Waals surface area contributed by atoms with Gasteiger partial charge in [-0.3, -0.25) is 0 Å². The summed E-state index contributed by atoms with van der Waals surface area (Å²) in [4.78, 5) is 1.08. The van der Waals surface area contributed by atoms with Gasteiger partial charge in [-0.1, -0.05) is 0 Å². The fourth-order valence-corrected chi connectivity index (χ4v) is 1.96. The summed E-state index contributed by atoms with van der Waals surface area (Å²) in [7, 11) is -1.75. The van der Waals surface area contributed by atoms with Gasteiger partial charge in [-0.2, -0.15) is 0 Å². The van der Waals surface area contributed by atoms with E-state index in [0.717, 1.165) is 24.6 Å². The van der Waals surface area contributed by atoms with Crippen molar-refractivity contribution in [2.75, 3.05) is 19.8 Å². The fraction of sp³-hybridized carbons (Fsp3) is 0.556. The van der Waals surface area contributed by atoms with Crippen LogP contribution >= 0.6 is 11.3 Å². The highest BCUT2D eigenvalue weighted by atomic mass is 32.1. The summed E-state index contributed by atoms with van der Waals surface area (Å²) in [6.07, 6.45) is 0. The first-order valence-corrected chi connectivity index (χ1v) is 5.94. The van der Waals surface area contributed by atoms with Crippen molar-refractivity contribution >= 4 is 18.7 Å². The van der Waals surface area contributed by atoms with Gasteiger partial charge in [0, 0.05) is 24.6 Å². The lowest BCUT2D eigenvalue weighted by molar-refractivity contribution is 0.149. The van der Waals surface area contributed by atoms with E-state index in [0.29, 0.717) is 11.7 Å². The average Bonchev–Trinajstić information content (AvgIpc) is 2.64. The van der Waals surface area contributed by atoms with E-state index in [1.165, 1.54) is 11.3 Å². The predicted octanol–water partition coefficient (Wildman–Crippen LogP) is 0.222. The summed E-state index contributed by atoms with van der Waals surface area (Å²) in [6.45, 7) is 4.91. The van der Waals surface area contributed by atoms with Crippen LogP contribution in [0, 0.1) is 0 Å². The molecule has 1 heterocycles. The Morgan fingerprint density at radius 1 is 1.44 bits per heavy atom. The third-order valence-corrected chi connectivity index (χ3v) is 2.76. The van der Waals surface area contributed by atoms with Crippen LogP contribution in [0.1, 0.15) is 11.8 Å². The second-order valence-electron chi connectivity index (χ2n) is 3.04. The Labute approximate surface area is 99.2 Å². The molecule has 1 rings (SSSR count). The van der Waals surface area contributed by atoms with Crippen molar-refractivity contribution in [3.63, 3.8) is 0 Å². The zero-order valence-electron chi connectivity index (χ0n) is 9.18. The Balaban J connectivity index is 2.19. The number of hydrogen-bond donors (Lipinski definition) is 3. The van der Waals surface area contributed by atoms with Crippen LogP contribution < -0.4 is 9.97 Å². The molecule has 7 heteroatoms. The lowest BCUT2D eigenvalue weighted by Gasteiger charge is -2.02. The number of thiophene rings is 1. The van der Waals surface area contributed by atoms with E-state index in [2.05, 4.69) is 5.32 Å². The topological polar surface area (TPSA) is 71.0 Å². The van der Waals surface area contributed by atoms with Crippen molar-refractivity contribution in [2.24, 2.45) is 0 Å². The molecule has 0 atom stereocenters. The standard InChI is InChI=1S/C9H16BNO4S/c1-2-14-6-5-11-7-8-3-4-9(16-8)15-10(12)13/h3-4,11-13H,2,5-7H2,1H3. The highest BCUT2D eigenvalue weighted by Gasteiger charge is 2.12. The van der Waals surface area contributed by atoms with Crippen LogP contribution in [-0.4, -0.2) is 37.1 Å².